The van der Waals surface area contributed by atoms with Crippen molar-refractivity contribution in [3.8, 4) is 0 Å². The number of aromatic nitrogens is 1. The van der Waals surface area contributed by atoms with Gasteiger partial charge in [-0.1, -0.05) is 41.9 Å². The maximum atomic E-state index is 5.91. The summed E-state index contributed by atoms with van der Waals surface area (Å²) in [6.45, 7) is 0.501. The fraction of sp³-hybridized carbons (Fsp3) is 0.118. The van der Waals surface area contributed by atoms with Crippen LogP contribution < -0.4 is 5.73 Å². The molecular formula is C17H15ClN2S. The molecule has 1 heterocycles. The Bertz CT molecular complexity index is 756. The third-order valence-electron chi connectivity index (χ3n) is 3.27. The van der Waals surface area contributed by atoms with E-state index >= 15 is 0 Å². The summed E-state index contributed by atoms with van der Waals surface area (Å²) in [6, 6.07) is 18.2. The third kappa shape index (κ3) is 3.38. The highest BCUT2D eigenvalue weighted by Gasteiger charge is 2.07. The summed E-state index contributed by atoms with van der Waals surface area (Å²) in [5, 5.41) is 2.90. The molecule has 0 amide bonds. The van der Waals surface area contributed by atoms with Gasteiger partial charge in [-0.3, -0.25) is 0 Å². The maximum Gasteiger partial charge on any atom is 0.102 e. The normalized spacial score (nSPS) is 11.0. The number of halogens is 1. The summed E-state index contributed by atoms with van der Waals surface area (Å²) in [4.78, 5) is 4.74. The zero-order chi connectivity index (χ0) is 14.7. The summed E-state index contributed by atoms with van der Waals surface area (Å²) in [5.74, 6) is 0.857. The molecule has 3 aromatic rings. The van der Waals surface area contributed by atoms with Crippen LogP contribution in [0.5, 0.6) is 0 Å². The van der Waals surface area contributed by atoms with Crippen LogP contribution in [0.1, 0.15) is 11.1 Å². The van der Waals surface area contributed by atoms with Gasteiger partial charge in [0.15, 0.2) is 0 Å². The number of nitrogens with two attached hydrogens (primary N) is 1. The van der Waals surface area contributed by atoms with Gasteiger partial charge >= 0.3 is 0 Å². The Balaban J connectivity index is 1.86. The summed E-state index contributed by atoms with van der Waals surface area (Å²) < 4.78 is 0. The Morgan fingerprint density at radius 1 is 1.05 bits per heavy atom. The molecule has 2 aromatic carbocycles. The van der Waals surface area contributed by atoms with Gasteiger partial charge in [0.1, 0.15) is 5.03 Å². The molecule has 2 N–H and O–H groups in total. The van der Waals surface area contributed by atoms with Crippen molar-refractivity contribution in [3.63, 3.8) is 0 Å². The zero-order valence-corrected chi connectivity index (χ0v) is 13.0. The predicted molar refractivity (Wildman–Crippen MR) is 90.6 cm³/mol. The lowest BCUT2D eigenvalue weighted by Crippen LogP contribution is -2.00. The molecule has 4 heteroatoms. The topological polar surface area (TPSA) is 38.9 Å². The molecule has 0 saturated carbocycles. The van der Waals surface area contributed by atoms with Crippen molar-refractivity contribution in [2.45, 2.75) is 17.3 Å². The number of rotatable bonds is 4. The molecule has 0 saturated heterocycles. The van der Waals surface area contributed by atoms with Crippen molar-refractivity contribution < 1.29 is 0 Å². The standard InChI is InChI=1S/C17H15ClN2S/c18-15-7-5-12(6-8-15)11-21-17-14(10-19)9-13-3-1-2-4-16(13)20-17/h1-9H,10-11,19H2. The maximum absolute atomic E-state index is 5.91. The monoisotopic (exact) mass is 314 g/mol. The molecule has 0 aliphatic heterocycles. The van der Waals surface area contributed by atoms with Crippen LogP contribution in [-0.4, -0.2) is 4.98 Å². The number of fused-ring (bicyclic) bond motifs is 1. The lowest BCUT2D eigenvalue weighted by Gasteiger charge is -2.09. The number of hydrogen-bond acceptors (Lipinski definition) is 3. The van der Waals surface area contributed by atoms with Gasteiger partial charge in [0.05, 0.1) is 5.52 Å². The van der Waals surface area contributed by atoms with E-state index in [-0.39, 0.29) is 0 Å². The van der Waals surface area contributed by atoms with Gasteiger partial charge in [0.25, 0.3) is 0 Å². The molecule has 0 aliphatic carbocycles. The summed E-state index contributed by atoms with van der Waals surface area (Å²) >= 11 is 7.62. The lowest BCUT2D eigenvalue weighted by atomic mass is 10.1. The number of nitrogens with zero attached hydrogens (tertiary/aromatic N) is 1. The molecule has 3 rings (SSSR count). The number of hydrogen-bond donors (Lipinski definition) is 1. The number of thioether (sulfide) groups is 1. The van der Waals surface area contributed by atoms with E-state index in [0.717, 1.165) is 32.3 Å². The van der Waals surface area contributed by atoms with E-state index in [1.807, 2.05) is 42.5 Å². The van der Waals surface area contributed by atoms with E-state index in [2.05, 4.69) is 12.1 Å². The van der Waals surface area contributed by atoms with Crippen molar-refractivity contribution >= 4 is 34.3 Å². The van der Waals surface area contributed by atoms with Crippen molar-refractivity contribution in [1.82, 2.24) is 4.98 Å². The predicted octanol–water partition coefficient (Wildman–Crippen LogP) is 4.64. The second kappa shape index (κ2) is 6.48. The van der Waals surface area contributed by atoms with E-state index in [0.29, 0.717) is 6.54 Å². The first-order chi connectivity index (χ1) is 10.3. The molecular weight excluding hydrogens is 300 g/mol. The lowest BCUT2D eigenvalue weighted by molar-refractivity contribution is 0.981. The van der Waals surface area contributed by atoms with Crippen LogP contribution in [0.4, 0.5) is 0 Å². The molecule has 106 valence electrons. The largest absolute Gasteiger partial charge is 0.326 e. The van der Waals surface area contributed by atoms with Gasteiger partial charge in [0.2, 0.25) is 0 Å². The summed E-state index contributed by atoms with van der Waals surface area (Å²) in [5.41, 5.74) is 9.18. The Morgan fingerprint density at radius 2 is 1.81 bits per heavy atom. The van der Waals surface area contributed by atoms with Gasteiger partial charge in [-0.2, -0.15) is 0 Å². The van der Waals surface area contributed by atoms with E-state index in [1.165, 1.54) is 5.56 Å². The Hall–Kier alpha value is -1.55. The summed E-state index contributed by atoms with van der Waals surface area (Å²) in [7, 11) is 0. The molecule has 21 heavy (non-hydrogen) atoms. The minimum Gasteiger partial charge on any atom is -0.326 e. The van der Waals surface area contributed by atoms with Crippen LogP contribution >= 0.6 is 23.4 Å². The summed E-state index contributed by atoms with van der Waals surface area (Å²) in [6.07, 6.45) is 0. The van der Waals surface area contributed by atoms with E-state index < -0.39 is 0 Å². The van der Waals surface area contributed by atoms with Crippen LogP contribution in [0.2, 0.25) is 5.02 Å². The first-order valence-electron chi connectivity index (χ1n) is 6.72. The fourth-order valence-corrected chi connectivity index (χ4v) is 3.26. The molecule has 0 fully saturated rings. The van der Waals surface area contributed by atoms with E-state index in [9.17, 15) is 0 Å². The molecule has 0 radical (unpaired) electrons. The quantitative estimate of drug-likeness (QED) is 0.713. The highest BCUT2D eigenvalue weighted by atomic mass is 35.5. The number of pyridine rings is 1. The second-order valence-corrected chi connectivity index (χ2v) is 6.17. The van der Waals surface area contributed by atoms with Crippen molar-refractivity contribution in [1.29, 1.82) is 0 Å². The molecule has 0 unspecified atom stereocenters. The molecule has 1 aromatic heterocycles. The van der Waals surface area contributed by atoms with Crippen LogP contribution in [-0.2, 0) is 12.3 Å². The minimum absolute atomic E-state index is 0.501. The first kappa shape index (κ1) is 14.4. The Kier molecular flexibility index (Phi) is 4.44. The smallest absolute Gasteiger partial charge is 0.102 e. The van der Waals surface area contributed by atoms with Gasteiger partial charge < -0.3 is 5.73 Å². The van der Waals surface area contributed by atoms with Gasteiger partial charge in [-0.15, -0.1) is 11.8 Å². The van der Waals surface area contributed by atoms with Crippen molar-refractivity contribution in [2.75, 3.05) is 0 Å². The molecule has 0 spiro atoms. The molecule has 0 aliphatic rings. The highest BCUT2D eigenvalue weighted by Crippen LogP contribution is 2.27. The van der Waals surface area contributed by atoms with E-state index in [1.54, 1.807) is 11.8 Å². The van der Waals surface area contributed by atoms with Crippen molar-refractivity contribution in [2.24, 2.45) is 5.73 Å². The van der Waals surface area contributed by atoms with Crippen LogP contribution in [0.15, 0.2) is 59.6 Å². The van der Waals surface area contributed by atoms with Gasteiger partial charge in [0, 0.05) is 22.7 Å². The average molecular weight is 315 g/mol. The zero-order valence-electron chi connectivity index (χ0n) is 11.4. The minimum atomic E-state index is 0.501. The third-order valence-corrected chi connectivity index (χ3v) is 4.63. The molecule has 0 bridgehead atoms. The van der Waals surface area contributed by atoms with Gasteiger partial charge in [-0.25, -0.2) is 4.98 Å². The van der Waals surface area contributed by atoms with E-state index in [4.69, 9.17) is 22.3 Å². The number of benzene rings is 2. The van der Waals surface area contributed by atoms with Crippen LogP contribution in [0.25, 0.3) is 10.9 Å². The van der Waals surface area contributed by atoms with Gasteiger partial charge in [-0.05, 0) is 35.4 Å². The first-order valence-corrected chi connectivity index (χ1v) is 8.08. The van der Waals surface area contributed by atoms with Crippen molar-refractivity contribution in [3.05, 3.63) is 70.7 Å². The molecule has 0 atom stereocenters. The average Bonchev–Trinajstić information content (AvgIpc) is 2.53. The molecule has 2 nitrogen and oxygen atoms in total. The second-order valence-electron chi connectivity index (χ2n) is 4.76. The van der Waals surface area contributed by atoms with Crippen LogP contribution in [0, 0.1) is 0 Å². The number of para-hydroxylation sites is 1. The van der Waals surface area contributed by atoms with Crippen LogP contribution in [0.3, 0.4) is 0 Å². The Labute approximate surface area is 133 Å². The fourth-order valence-electron chi connectivity index (χ4n) is 2.15. The SMILES string of the molecule is NCc1cc2ccccc2nc1SCc1ccc(Cl)cc1. The Morgan fingerprint density at radius 3 is 2.57 bits per heavy atom. The highest BCUT2D eigenvalue weighted by molar-refractivity contribution is 7.98.